The summed E-state index contributed by atoms with van der Waals surface area (Å²) in [5, 5.41) is 0. The van der Waals surface area contributed by atoms with E-state index < -0.39 is 10.1 Å². The van der Waals surface area contributed by atoms with Gasteiger partial charge in [-0.2, -0.15) is 8.42 Å². The van der Waals surface area contributed by atoms with E-state index in [1.165, 1.54) is 24.3 Å². The van der Waals surface area contributed by atoms with Crippen LogP contribution in [0.15, 0.2) is 24.3 Å². The molecule has 3 nitrogen and oxygen atoms in total. The van der Waals surface area contributed by atoms with Gasteiger partial charge in [0.1, 0.15) is 5.82 Å². The van der Waals surface area contributed by atoms with E-state index in [1.54, 1.807) is 0 Å². The van der Waals surface area contributed by atoms with E-state index in [0.29, 0.717) is 5.56 Å². The average molecular weight is 228 g/mol. The van der Waals surface area contributed by atoms with Crippen molar-refractivity contribution in [2.75, 3.05) is 5.75 Å². The van der Waals surface area contributed by atoms with Crippen LogP contribution in [0.25, 0.3) is 0 Å². The first-order valence-corrected chi connectivity index (χ1v) is 5.28. The predicted molar refractivity (Wildman–Crippen MR) is 47.6 cm³/mol. The second kappa shape index (κ2) is 5.82. The first-order valence-electron chi connectivity index (χ1n) is 3.67. The molecule has 0 spiro atoms. The van der Waals surface area contributed by atoms with Crippen molar-refractivity contribution in [2.45, 2.75) is 6.42 Å². The van der Waals surface area contributed by atoms with E-state index in [-0.39, 0.29) is 49.0 Å². The maximum atomic E-state index is 12.4. The van der Waals surface area contributed by atoms with E-state index in [4.69, 9.17) is 4.55 Å². The fraction of sp³-hybridized carbons (Fsp3) is 0.250. The minimum Gasteiger partial charge on any atom is -1.00 e. The van der Waals surface area contributed by atoms with Crippen molar-refractivity contribution in [1.29, 1.82) is 0 Å². The number of halogens is 1. The molecule has 0 heterocycles. The third kappa shape index (κ3) is 5.72. The Morgan fingerprint density at radius 2 is 1.79 bits per heavy atom. The van der Waals surface area contributed by atoms with Gasteiger partial charge in [-0.25, -0.2) is 4.39 Å². The van der Waals surface area contributed by atoms with Gasteiger partial charge in [0.25, 0.3) is 10.1 Å². The molecular formula is C8H10FNaO3S. The maximum absolute atomic E-state index is 12.4. The minimum absolute atomic E-state index is 0. The topological polar surface area (TPSA) is 54.4 Å². The van der Waals surface area contributed by atoms with Crippen LogP contribution in [0, 0.1) is 5.82 Å². The zero-order valence-corrected chi connectivity index (χ0v) is 10.6. The van der Waals surface area contributed by atoms with Gasteiger partial charge in [-0.15, -0.1) is 0 Å². The van der Waals surface area contributed by atoms with Gasteiger partial charge in [0.15, 0.2) is 0 Å². The molecular weight excluding hydrogens is 218 g/mol. The van der Waals surface area contributed by atoms with E-state index in [2.05, 4.69) is 0 Å². The van der Waals surface area contributed by atoms with Gasteiger partial charge in [-0.1, -0.05) is 12.1 Å². The maximum Gasteiger partial charge on any atom is 1.00 e. The third-order valence-corrected chi connectivity index (χ3v) is 2.28. The fourth-order valence-corrected chi connectivity index (χ4v) is 1.39. The molecule has 0 atom stereocenters. The molecule has 0 aliphatic carbocycles. The molecule has 0 bridgehead atoms. The third-order valence-electron chi connectivity index (χ3n) is 1.56. The Labute approximate surface area is 106 Å². The molecule has 6 heteroatoms. The summed E-state index contributed by atoms with van der Waals surface area (Å²) >= 11 is 0. The van der Waals surface area contributed by atoms with Crippen molar-refractivity contribution in [1.82, 2.24) is 0 Å². The Bertz CT molecular complexity index is 379. The molecule has 0 aliphatic heterocycles. The van der Waals surface area contributed by atoms with Crippen LogP contribution in [0.3, 0.4) is 0 Å². The van der Waals surface area contributed by atoms with Gasteiger partial charge >= 0.3 is 29.6 Å². The largest absolute Gasteiger partial charge is 1.00 e. The molecule has 0 saturated heterocycles. The molecule has 0 amide bonds. The molecule has 0 aromatic heterocycles. The molecule has 1 aromatic rings. The summed E-state index contributed by atoms with van der Waals surface area (Å²) in [4.78, 5) is 0. The van der Waals surface area contributed by atoms with Crippen molar-refractivity contribution < 1.29 is 48.3 Å². The smallest absolute Gasteiger partial charge is 1.00 e. The molecule has 74 valence electrons. The number of benzene rings is 1. The summed E-state index contributed by atoms with van der Waals surface area (Å²) in [5.41, 5.74) is 0.680. The van der Waals surface area contributed by atoms with Gasteiger partial charge in [0.2, 0.25) is 0 Å². The first-order chi connectivity index (χ1) is 5.97. The van der Waals surface area contributed by atoms with Crippen molar-refractivity contribution in [3.63, 3.8) is 0 Å². The van der Waals surface area contributed by atoms with Crippen molar-refractivity contribution in [3.8, 4) is 0 Å². The summed E-state index contributed by atoms with van der Waals surface area (Å²) < 4.78 is 41.5. The van der Waals surface area contributed by atoms with Crippen molar-refractivity contribution >= 4 is 10.1 Å². The molecule has 14 heavy (non-hydrogen) atoms. The van der Waals surface area contributed by atoms with E-state index in [9.17, 15) is 12.8 Å². The van der Waals surface area contributed by atoms with E-state index in [1.807, 2.05) is 0 Å². The molecule has 0 aliphatic rings. The summed E-state index contributed by atoms with van der Waals surface area (Å²) in [5.74, 6) is -0.700. The molecule has 0 radical (unpaired) electrons. The summed E-state index contributed by atoms with van der Waals surface area (Å²) in [6.45, 7) is 0. The number of aryl methyl sites for hydroxylation is 1. The fourth-order valence-electron chi connectivity index (χ4n) is 0.898. The average Bonchev–Trinajstić information content (AvgIpc) is 2.02. The SMILES string of the molecule is O=S(=O)(O)CCc1ccc(F)cc1.[H-].[Na+]. The second-order valence-corrected chi connectivity index (χ2v) is 4.23. The molecule has 0 fully saturated rings. The van der Waals surface area contributed by atoms with Crippen LogP contribution >= 0.6 is 0 Å². The normalized spacial score (nSPS) is 10.7. The Hall–Kier alpha value is 0.0600. The van der Waals surface area contributed by atoms with E-state index >= 15 is 0 Å². The number of hydrogen-bond donors (Lipinski definition) is 1. The Morgan fingerprint density at radius 1 is 1.29 bits per heavy atom. The van der Waals surface area contributed by atoms with Crippen molar-refractivity contribution in [3.05, 3.63) is 35.6 Å². The number of rotatable bonds is 3. The van der Waals surface area contributed by atoms with Crippen LogP contribution < -0.4 is 29.6 Å². The molecule has 0 saturated carbocycles. The van der Waals surface area contributed by atoms with Crippen LogP contribution in [-0.4, -0.2) is 18.7 Å². The molecule has 1 N–H and O–H groups in total. The zero-order chi connectivity index (χ0) is 9.90. The molecule has 0 unspecified atom stereocenters. The van der Waals surface area contributed by atoms with Crippen LogP contribution in [0.4, 0.5) is 4.39 Å². The van der Waals surface area contributed by atoms with Crippen molar-refractivity contribution in [2.24, 2.45) is 0 Å². The molecule has 1 aromatic carbocycles. The van der Waals surface area contributed by atoms with Crippen LogP contribution in [-0.2, 0) is 16.5 Å². The summed E-state index contributed by atoms with van der Waals surface area (Å²) in [7, 11) is -3.93. The monoisotopic (exact) mass is 228 g/mol. The molecule has 1 rings (SSSR count). The van der Waals surface area contributed by atoms with Gasteiger partial charge in [-0.3, -0.25) is 4.55 Å². The predicted octanol–water partition coefficient (Wildman–Crippen LogP) is -1.63. The zero-order valence-electron chi connectivity index (χ0n) is 8.77. The quantitative estimate of drug-likeness (QED) is 0.499. The van der Waals surface area contributed by atoms with Gasteiger partial charge in [0.05, 0.1) is 5.75 Å². The Morgan fingerprint density at radius 3 is 2.21 bits per heavy atom. The van der Waals surface area contributed by atoms with Crippen LogP contribution in [0.1, 0.15) is 6.99 Å². The Balaban J connectivity index is 0. The Kier molecular flexibility index (Phi) is 5.85. The van der Waals surface area contributed by atoms with Crippen LogP contribution in [0.2, 0.25) is 0 Å². The number of hydrogen-bond acceptors (Lipinski definition) is 2. The van der Waals surface area contributed by atoms with Gasteiger partial charge in [0, 0.05) is 0 Å². The minimum atomic E-state index is -3.93. The summed E-state index contributed by atoms with van der Waals surface area (Å²) in [6.07, 6.45) is 0.194. The summed E-state index contributed by atoms with van der Waals surface area (Å²) in [6, 6.07) is 5.47. The van der Waals surface area contributed by atoms with Gasteiger partial charge < -0.3 is 1.43 Å². The van der Waals surface area contributed by atoms with E-state index in [0.717, 1.165) is 0 Å². The van der Waals surface area contributed by atoms with Crippen LogP contribution in [0.5, 0.6) is 0 Å². The first kappa shape index (κ1) is 14.1. The van der Waals surface area contributed by atoms with Gasteiger partial charge in [-0.05, 0) is 24.1 Å². The second-order valence-electron chi connectivity index (χ2n) is 2.66. The standard InChI is InChI=1S/C8H9FO3S.Na.H/c9-8-3-1-7(2-4-8)5-6-13(10,11)12;;/h1-4H,5-6H2,(H,10,11,12);;/q;+1;-1.